The van der Waals surface area contributed by atoms with Crippen LogP contribution in [0.4, 0.5) is 0 Å². The van der Waals surface area contributed by atoms with Gasteiger partial charge in [-0.1, -0.05) is 19.1 Å². The molecule has 3 unspecified atom stereocenters. The second-order valence-corrected chi connectivity index (χ2v) is 5.92. The molecular weight excluding hydrogens is 315 g/mol. The quantitative estimate of drug-likeness (QED) is 0.845. The summed E-state index contributed by atoms with van der Waals surface area (Å²) in [5.41, 5.74) is 6.55. The summed E-state index contributed by atoms with van der Waals surface area (Å²) in [6.45, 7) is 5.17. The Morgan fingerprint density at radius 1 is 1.38 bits per heavy atom. The Morgan fingerprint density at radius 2 is 2.12 bits per heavy atom. The molecule has 1 saturated carbocycles. The van der Waals surface area contributed by atoms with Gasteiger partial charge in [0, 0.05) is 6.54 Å². The molecule has 2 N–H and O–H groups in total. The first-order valence-electron chi connectivity index (χ1n) is 5.93. The van der Waals surface area contributed by atoms with E-state index in [0.29, 0.717) is 12.6 Å². The third kappa shape index (κ3) is 2.25. The summed E-state index contributed by atoms with van der Waals surface area (Å²) in [6.07, 6.45) is 3.72. The molecule has 1 aliphatic carbocycles. The van der Waals surface area contributed by atoms with Gasteiger partial charge in [0.05, 0.1) is 6.04 Å². The van der Waals surface area contributed by atoms with E-state index >= 15 is 0 Å². The lowest BCUT2D eigenvalue weighted by atomic mass is 9.79. The first-order valence-corrected chi connectivity index (χ1v) is 7.01. The van der Waals surface area contributed by atoms with Gasteiger partial charge in [-0.2, -0.15) is 0 Å². The monoisotopic (exact) mass is 334 g/mol. The molecule has 16 heavy (non-hydrogen) atoms. The first kappa shape index (κ1) is 12.3. The van der Waals surface area contributed by atoms with Crippen LogP contribution in [0.2, 0.25) is 0 Å². The van der Waals surface area contributed by atoms with Crippen LogP contribution >= 0.6 is 22.6 Å². The standard InChI is InChI=1S/C11H19IN4/c1-7-3-4-9(5-8(7)2)16-11(12)10(6-13)14-15-16/h7-9H,3-6,13H2,1-2H3. The number of halogens is 1. The molecule has 0 aliphatic heterocycles. The van der Waals surface area contributed by atoms with E-state index in [4.69, 9.17) is 5.73 Å². The van der Waals surface area contributed by atoms with Gasteiger partial charge >= 0.3 is 0 Å². The highest BCUT2D eigenvalue weighted by molar-refractivity contribution is 14.1. The molecular formula is C11H19IN4. The molecule has 1 aromatic rings. The largest absolute Gasteiger partial charge is 0.325 e. The molecule has 0 amide bonds. The molecule has 1 aromatic heterocycles. The predicted molar refractivity (Wildman–Crippen MR) is 71.8 cm³/mol. The van der Waals surface area contributed by atoms with Gasteiger partial charge in [0.1, 0.15) is 9.39 Å². The average Bonchev–Trinajstić information content (AvgIpc) is 2.64. The predicted octanol–water partition coefficient (Wildman–Crippen LogP) is 2.34. The van der Waals surface area contributed by atoms with Crippen molar-refractivity contribution in [3.8, 4) is 0 Å². The Hall–Kier alpha value is -0.170. The molecule has 0 saturated heterocycles. The van der Waals surface area contributed by atoms with E-state index in [1.807, 2.05) is 0 Å². The summed E-state index contributed by atoms with van der Waals surface area (Å²) in [6, 6.07) is 0.519. The second kappa shape index (κ2) is 5.00. The normalized spacial score (nSPS) is 30.6. The molecule has 0 bridgehead atoms. The van der Waals surface area contributed by atoms with E-state index in [1.165, 1.54) is 19.3 Å². The van der Waals surface area contributed by atoms with Crippen molar-refractivity contribution < 1.29 is 0 Å². The van der Waals surface area contributed by atoms with E-state index in [0.717, 1.165) is 21.2 Å². The van der Waals surface area contributed by atoms with Gasteiger partial charge in [0.2, 0.25) is 0 Å². The van der Waals surface area contributed by atoms with Gasteiger partial charge in [0.15, 0.2) is 0 Å². The zero-order chi connectivity index (χ0) is 11.7. The Labute approximate surface area is 110 Å². The summed E-state index contributed by atoms with van der Waals surface area (Å²) in [5, 5.41) is 8.38. The lowest BCUT2D eigenvalue weighted by molar-refractivity contribution is 0.197. The highest BCUT2D eigenvalue weighted by Gasteiger charge is 2.27. The second-order valence-electron chi connectivity index (χ2n) is 4.90. The van der Waals surface area contributed by atoms with Crippen LogP contribution in [0.3, 0.4) is 0 Å². The maximum atomic E-state index is 5.62. The Balaban J connectivity index is 2.15. The molecule has 90 valence electrons. The maximum absolute atomic E-state index is 5.62. The van der Waals surface area contributed by atoms with Crippen LogP contribution in [0.1, 0.15) is 44.8 Å². The number of hydrogen-bond acceptors (Lipinski definition) is 3. The van der Waals surface area contributed by atoms with Crippen molar-refractivity contribution in [3.63, 3.8) is 0 Å². The Bertz CT molecular complexity index is 363. The Morgan fingerprint density at radius 3 is 2.69 bits per heavy atom. The fraction of sp³-hybridized carbons (Fsp3) is 0.818. The van der Waals surface area contributed by atoms with Crippen LogP contribution in [-0.4, -0.2) is 15.0 Å². The van der Waals surface area contributed by atoms with Crippen molar-refractivity contribution in [2.45, 2.75) is 45.7 Å². The number of aromatic nitrogens is 3. The zero-order valence-electron chi connectivity index (χ0n) is 9.86. The van der Waals surface area contributed by atoms with Crippen LogP contribution in [0, 0.1) is 15.5 Å². The van der Waals surface area contributed by atoms with Crippen LogP contribution in [0.15, 0.2) is 0 Å². The smallest absolute Gasteiger partial charge is 0.124 e. The molecule has 5 heteroatoms. The number of hydrogen-bond donors (Lipinski definition) is 1. The molecule has 2 rings (SSSR count). The van der Waals surface area contributed by atoms with Crippen molar-refractivity contribution in [2.75, 3.05) is 0 Å². The topological polar surface area (TPSA) is 56.7 Å². The minimum atomic E-state index is 0.483. The highest BCUT2D eigenvalue weighted by atomic mass is 127. The van der Waals surface area contributed by atoms with Crippen molar-refractivity contribution in [1.82, 2.24) is 15.0 Å². The van der Waals surface area contributed by atoms with E-state index in [9.17, 15) is 0 Å². The zero-order valence-corrected chi connectivity index (χ0v) is 12.0. The van der Waals surface area contributed by atoms with E-state index in [2.05, 4.69) is 51.4 Å². The SMILES string of the molecule is CC1CCC(n2nnc(CN)c2I)CC1C. The van der Waals surface area contributed by atoms with Crippen molar-refractivity contribution in [3.05, 3.63) is 9.39 Å². The molecule has 3 atom stereocenters. The molecule has 1 fully saturated rings. The molecule has 0 radical (unpaired) electrons. The number of rotatable bonds is 2. The summed E-state index contributed by atoms with van der Waals surface area (Å²) in [7, 11) is 0. The third-order valence-electron chi connectivity index (χ3n) is 3.81. The Kier molecular flexibility index (Phi) is 3.84. The summed E-state index contributed by atoms with van der Waals surface area (Å²) >= 11 is 2.31. The minimum absolute atomic E-state index is 0.483. The van der Waals surface area contributed by atoms with Gasteiger partial charge in [-0.3, -0.25) is 0 Å². The van der Waals surface area contributed by atoms with Crippen molar-refractivity contribution in [1.29, 1.82) is 0 Å². The molecule has 0 spiro atoms. The highest BCUT2D eigenvalue weighted by Crippen LogP contribution is 2.36. The van der Waals surface area contributed by atoms with Crippen molar-refractivity contribution in [2.24, 2.45) is 17.6 Å². The maximum Gasteiger partial charge on any atom is 0.124 e. The number of nitrogens with zero attached hydrogens (tertiary/aromatic N) is 3. The van der Waals surface area contributed by atoms with Crippen LogP contribution in [0.5, 0.6) is 0 Å². The number of nitrogens with two attached hydrogens (primary N) is 1. The van der Waals surface area contributed by atoms with Crippen molar-refractivity contribution >= 4 is 22.6 Å². The molecule has 1 aliphatic rings. The third-order valence-corrected chi connectivity index (χ3v) is 4.93. The lowest BCUT2D eigenvalue weighted by Crippen LogP contribution is -2.24. The van der Waals surface area contributed by atoms with Gasteiger partial charge < -0.3 is 5.73 Å². The summed E-state index contributed by atoms with van der Waals surface area (Å²) in [5.74, 6) is 1.62. The van der Waals surface area contributed by atoms with Gasteiger partial charge in [-0.15, -0.1) is 5.10 Å². The summed E-state index contributed by atoms with van der Waals surface area (Å²) in [4.78, 5) is 0. The fourth-order valence-corrected chi connectivity index (χ4v) is 3.23. The first-order chi connectivity index (χ1) is 7.63. The van der Waals surface area contributed by atoms with Crippen LogP contribution < -0.4 is 5.73 Å². The van der Waals surface area contributed by atoms with E-state index in [1.54, 1.807) is 0 Å². The van der Waals surface area contributed by atoms with Gasteiger partial charge in [0.25, 0.3) is 0 Å². The lowest BCUT2D eigenvalue weighted by Gasteiger charge is -2.32. The fourth-order valence-electron chi connectivity index (χ4n) is 2.41. The average molecular weight is 334 g/mol. The summed E-state index contributed by atoms with van der Waals surface area (Å²) < 4.78 is 3.19. The van der Waals surface area contributed by atoms with Crippen LogP contribution in [0.25, 0.3) is 0 Å². The van der Waals surface area contributed by atoms with Gasteiger partial charge in [-0.05, 0) is 53.7 Å². The van der Waals surface area contributed by atoms with Gasteiger partial charge in [-0.25, -0.2) is 4.68 Å². The molecule has 4 nitrogen and oxygen atoms in total. The van der Waals surface area contributed by atoms with E-state index in [-0.39, 0.29) is 0 Å². The minimum Gasteiger partial charge on any atom is -0.325 e. The molecule has 0 aromatic carbocycles. The van der Waals surface area contributed by atoms with E-state index < -0.39 is 0 Å². The van der Waals surface area contributed by atoms with Crippen LogP contribution in [-0.2, 0) is 6.54 Å². The molecule has 1 heterocycles.